The van der Waals surface area contributed by atoms with Gasteiger partial charge in [-0.3, -0.25) is 14.4 Å². The number of rotatable bonds is 15. The number of benzene rings is 2. The van der Waals surface area contributed by atoms with Crippen molar-refractivity contribution in [3.63, 3.8) is 0 Å². The SMILES string of the molecule is COC(=O)[C@H](Cc1ccccc1)NC(=O)C(CC(C)C)NC(=O)[C@H](CCc1ccccc1)NC(=O)CC1CC1. The number of aryl methyl sites for hydroxylation is 1. The highest BCUT2D eigenvalue weighted by atomic mass is 16.5. The fourth-order valence-corrected chi connectivity index (χ4v) is 4.49. The van der Waals surface area contributed by atoms with Crippen LogP contribution in [-0.4, -0.2) is 48.9 Å². The number of carbonyl (C=O) groups excluding carboxylic acids is 4. The van der Waals surface area contributed by atoms with Crippen LogP contribution in [0.1, 0.15) is 57.1 Å². The molecule has 210 valence electrons. The molecule has 1 aliphatic rings. The lowest BCUT2D eigenvalue weighted by Gasteiger charge is -2.26. The van der Waals surface area contributed by atoms with Gasteiger partial charge in [0.1, 0.15) is 18.1 Å². The predicted molar refractivity (Wildman–Crippen MR) is 150 cm³/mol. The lowest BCUT2D eigenvalue weighted by atomic mass is 10.00. The summed E-state index contributed by atoms with van der Waals surface area (Å²) < 4.78 is 4.93. The number of amides is 3. The zero-order valence-electron chi connectivity index (χ0n) is 23.2. The lowest BCUT2D eigenvalue weighted by molar-refractivity contribution is -0.145. The van der Waals surface area contributed by atoms with E-state index in [9.17, 15) is 19.2 Å². The van der Waals surface area contributed by atoms with Crippen LogP contribution in [0.5, 0.6) is 0 Å². The predicted octanol–water partition coefficient (Wildman–Crippen LogP) is 3.34. The lowest BCUT2D eigenvalue weighted by Crippen LogP contribution is -2.56. The van der Waals surface area contributed by atoms with Crippen LogP contribution in [0.15, 0.2) is 60.7 Å². The Morgan fingerprint density at radius 3 is 1.92 bits per heavy atom. The topological polar surface area (TPSA) is 114 Å². The fraction of sp³-hybridized carbons (Fsp3) is 0.484. The highest BCUT2D eigenvalue weighted by molar-refractivity contribution is 5.93. The molecule has 1 saturated carbocycles. The molecule has 2 aromatic rings. The molecule has 3 amide bonds. The molecule has 1 fully saturated rings. The monoisotopic (exact) mass is 535 g/mol. The van der Waals surface area contributed by atoms with Gasteiger partial charge in [-0.2, -0.15) is 0 Å². The van der Waals surface area contributed by atoms with Crippen molar-refractivity contribution in [2.75, 3.05) is 7.11 Å². The van der Waals surface area contributed by atoms with Gasteiger partial charge in [-0.15, -0.1) is 0 Å². The molecule has 1 unspecified atom stereocenters. The highest BCUT2D eigenvalue weighted by Crippen LogP contribution is 2.32. The smallest absolute Gasteiger partial charge is 0.328 e. The molecule has 0 aromatic heterocycles. The minimum atomic E-state index is -0.899. The van der Waals surface area contributed by atoms with Crippen LogP contribution in [0.2, 0.25) is 0 Å². The minimum absolute atomic E-state index is 0.0963. The quantitative estimate of drug-likeness (QED) is 0.303. The molecule has 3 N–H and O–H groups in total. The zero-order chi connectivity index (χ0) is 28.2. The summed E-state index contributed by atoms with van der Waals surface area (Å²) in [4.78, 5) is 52.0. The Morgan fingerprint density at radius 2 is 1.36 bits per heavy atom. The number of nitrogens with one attached hydrogen (secondary N) is 3. The molecule has 39 heavy (non-hydrogen) atoms. The summed E-state index contributed by atoms with van der Waals surface area (Å²) in [6.45, 7) is 3.91. The summed E-state index contributed by atoms with van der Waals surface area (Å²) in [7, 11) is 1.28. The Morgan fingerprint density at radius 1 is 0.795 bits per heavy atom. The first-order valence-electron chi connectivity index (χ1n) is 13.8. The second kappa shape index (κ2) is 15.0. The van der Waals surface area contributed by atoms with Crippen molar-refractivity contribution in [2.24, 2.45) is 11.8 Å². The van der Waals surface area contributed by atoms with E-state index in [1.165, 1.54) is 7.11 Å². The number of carbonyl (C=O) groups is 4. The molecule has 0 bridgehead atoms. The van der Waals surface area contributed by atoms with Crippen LogP contribution in [0, 0.1) is 11.8 Å². The van der Waals surface area contributed by atoms with Gasteiger partial charge in [0.2, 0.25) is 17.7 Å². The Hall–Kier alpha value is -3.68. The van der Waals surface area contributed by atoms with Crippen molar-refractivity contribution in [1.29, 1.82) is 0 Å². The molecule has 0 aliphatic heterocycles. The van der Waals surface area contributed by atoms with Gasteiger partial charge in [-0.05, 0) is 55.1 Å². The van der Waals surface area contributed by atoms with E-state index < -0.39 is 35.9 Å². The van der Waals surface area contributed by atoms with Crippen molar-refractivity contribution < 1.29 is 23.9 Å². The van der Waals surface area contributed by atoms with Crippen molar-refractivity contribution in [3.05, 3.63) is 71.8 Å². The first-order chi connectivity index (χ1) is 18.7. The molecule has 0 heterocycles. The van der Waals surface area contributed by atoms with Gasteiger partial charge in [-0.1, -0.05) is 74.5 Å². The minimum Gasteiger partial charge on any atom is -0.467 e. The second-order valence-corrected chi connectivity index (χ2v) is 10.8. The third kappa shape index (κ3) is 10.5. The normalized spacial score (nSPS) is 15.1. The maximum absolute atomic E-state index is 13.5. The molecule has 8 nitrogen and oxygen atoms in total. The summed E-state index contributed by atoms with van der Waals surface area (Å²) in [5.41, 5.74) is 1.93. The number of methoxy groups -OCH3 is 1. The van der Waals surface area contributed by atoms with Crippen molar-refractivity contribution in [2.45, 2.75) is 76.9 Å². The largest absolute Gasteiger partial charge is 0.467 e. The summed E-state index contributed by atoms with van der Waals surface area (Å²) in [6, 6.07) is 16.6. The average Bonchev–Trinajstić information content (AvgIpc) is 3.74. The van der Waals surface area contributed by atoms with Gasteiger partial charge in [0.05, 0.1) is 7.11 Å². The van der Waals surface area contributed by atoms with Crippen LogP contribution in [0.25, 0.3) is 0 Å². The number of ether oxygens (including phenoxy) is 1. The van der Waals surface area contributed by atoms with Crippen molar-refractivity contribution >= 4 is 23.7 Å². The summed E-state index contributed by atoms with van der Waals surface area (Å²) in [6.07, 6.45) is 4.12. The second-order valence-electron chi connectivity index (χ2n) is 10.8. The Kier molecular flexibility index (Phi) is 11.5. The van der Waals surface area contributed by atoms with Crippen LogP contribution in [-0.2, 0) is 36.8 Å². The van der Waals surface area contributed by atoms with Gasteiger partial charge >= 0.3 is 5.97 Å². The molecule has 1 aliphatic carbocycles. The van der Waals surface area contributed by atoms with Crippen molar-refractivity contribution in [1.82, 2.24) is 16.0 Å². The molecule has 0 saturated heterocycles. The van der Waals surface area contributed by atoms with E-state index in [-0.39, 0.29) is 18.2 Å². The van der Waals surface area contributed by atoms with E-state index in [0.717, 1.165) is 24.0 Å². The number of esters is 1. The van der Waals surface area contributed by atoms with Crippen LogP contribution in [0.4, 0.5) is 0 Å². The van der Waals surface area contributed by atoms with Crippen LogP contribution < -0.4 is 16.0 Å². The first-order valence-corrected chi connectivity index (χ1v) is 13.8. The summed E-state index contributed by atoms with van der Waals surface area (Å²) in [5, 5.41) is 8.55. The molecule has 0 spiro atoms. The molecule has 3 rings (SSSR count). The summed E-state index contributed by atoms with van der Waals surface area (Å²) in [5.74, 6) is -1.09. The third-order valence-electron chi connectivity index (χ3n) is 6.81. The zero-order valence-corrected chi connectivity index (χ0v) is 23.2. The van der Waals surface area contributed by atoms with Gasteiger partial charge in [0.25, 0.3) is 0 Å². The third-order valence-corrected chi connectivity index (χ3v) is 6.81. The standard InChI is InChI=1S/C31H41N3O5/c1-21(2)18-26(30(37)34-27(31(38)39-3)19-23-12-8-5-9-13-23)33-29(36)25(32-28(35)20-24-14-15-24)17-16-22-10-6-4-7-11-22/h4-13,21,24-27H,14-20H2,1-3H3,(H,32,35)(H,33,36)(H,34,37)/t25-,26?,27-/m0/s1. The van der Waals surface area contributed by atoms with Crippen LogP contribution in [0.3, 0.4) is 0 Å². The molecular weight excluding hydrogens is 494 g/mol. The fourth-order valence-electron chi connectivity index (χ4n) is 4.49. The van der Waals surface area contributed by atoms with E-state index in [2.05, 4.69) is 16.0 Å². The van der Waals surface area contributed by atoms with E-state index >= 15 is 0 Å². The molecular formula is C31H41N3O5. The number of hydrogen-bond donors (Lipinski definition) is 3. The van der Waals surface area contributed by atoms with E-state index in [0.29, 0.717) is 31.6 Å². The average molecular weight is 536 g/mol. The molecule has 2 aromatic carbocycles. The molecule has 3 atom stereocenters. The van der Waals surface area contributed by atoms with Gasteiger partial charge in [-0.25, -0.2) is 4.79 Å². The van der Waals surface area contributed by atoms with Gasteiger partial charge in [0.15, 0.2) is 0 Å². The Labute approximate surface area is 231 Å². The highest BCUT2D eigenvalue weighted by Gasteiger charge is 2.31. The molecule has 8 heteroatoms. The molecule has 0 radical (unpaired) electrons. The summed E-state index contributed by atoms with van der Waals surface area (Å²) >= 11 is 0. The van der Waals surface area contributed by atoms with Gasteiger partial charge in [0, 0.05) is 12.8 Å². The van der Waals surface area contributed by atoms with Crippen molar-refractivity contribution in [3.8, 4) is 0 Å². The Bertz CT molecular complexity index is 1090. The number of hydrogen-bond acceptors (Lipinski definition) is 5. The van der Waals surface area contributed by atoms with E-state index in [4.69, 9.17) is 4.74 Å². The maximum Gasteiger partial charge on any atom is 0.328 e. The Balaban J connectivity index is 1.71. The first kappa shape index (κ1) is 29.9. The van der Waals surface area contributed by atoms with Gasteiger partial charge < -0.3 is 20.7 Å². The maximum atomic E-state index is 13.5. The van der Waals surface area contributed by atoms with Crippen LogP contribution >= 0.6 is 0 Å². The van der Waals surface area contributed by atoms with E-state index in [1.54, 1.807) is 0 Å². The van der Waals surface area contributed by atoms with E-state index in [1.807, 2.05) is 74.5 Å².